The number of rotatable bonds is 4. The lowest BCUT2D eigenvalue weighted by atomic mass is 10.0. The Morgan fingerprint density at radius 1 is 1.11 bits per heavy atom. The lowest BCUT2D eigenvalue weighted by molar-refractivity contribution is -0.0528. The molecule has 142 valence electrons. The lowest BCUT2D eigenvalue weighted by Gasteiger charge is -2.07. The predicted octanol–water partition coefficient (Wildman–Crippen LogP) is 2.56. The molecule has 0 N–H and O–H groups in total. The van der Waals surface area contributed by atoms with Crippen molar-refractivity contribution in [1.82, 2.24) is 29.1 Å². The zero-order valence-corrected chi connectivity index (χ0v) is 14.9. The van der Waals surface area contributed by atoms with E-state index >= 15 is 0 Å². The number of fused-ring (bicyclic) bond motifs is 1. The number of aromatic nitrogens is 6. The van der Waals surface area contributed by atoms with Gasteiger partial charge in [0.25, 0.3) is 5.95 Å². The van der Waals surface area contributed by atoms with Crippen LogP contribution in [0.25, 0.3) is 22.6 Å². The maximum atomic E-state index is 13.0. The molecule has 8 nitrogen and oxygen atoms in total. The molecule has 4 aromatic rings. The monoisotopic (exact) mass is 384 g/mol. The fraction of sp³-hybridized carbons (Fsp3) is 0.167. The van der Waals surface area contributed by atoms with Gasteiger partial charge in [-0.1, -0.05) is 0 Å². The van der Waals surface area contributed by atoms with E-state index in [1.807, 2.05) is 6.92 Å². The van der Waals surface area contributed by atoms with Gasteiger partial charge in [0.2, 0.25) is 5.88 Å². The van der Waals surface area contributed by atoms with Crippen LogP contribution in [-0.4, -0.2) is 35.7 Å². The minimum atomic E-state index is -2.97. The van der Waals surface area contributed by atoms with Crippen LogP contribution in [-0.2, 0) is 0 Å². The van der Waals surface area contributed by atoms with Gasteiger partial charge in [0.15, 0.2) is 0 Å². The van der Waals surface area contributed by atoms with Gasteiger partial charge < -0.3 is 4.74 Å². The molecule has 4 heterocycles. The van der Waals surface area contributed by atoms with Crippen LogP contribution in [0.1, 0.15) is 11.3 Å². The van der Waals surface area contributed by atoms with Gasteiger partial charge in [-0.3, -0.25) is 4.40 Å². The van der Waals surface area contributed by atoms with Crippen molar-refractivity contribution in [3.8, 4) is 23.0 Å². The Morgan fingerprint density at radius 2 is 1.86 bits per heavy atom. The molecule has 0 amide bonds. The minimum absolute atomic E-state index is 0.151. The van der Waals surface area contributed by atoms with Crippen LogP contribution in [0, 0.1) is 13.8 Å². The summed E-state index contributed by atoms with van der Waals surface area (Å²) >= 11 is 0. The van der Waals surface area contributed by atoms with Crippen molar-refractivity contribution in [3.05, 3.63) is 64.7 Å². The summed E-state index contributed by atoms with van der Waals surface area (Å²) in [5.74, 6) is -0.0481. The Labute approximate surface area is 157 Å². The summed E-state index contributed by atoms with van der Waals surface area (Å²) in [7, 11) is 0. The van der Waals surface area contributed by atoms with Crippen LogP contribution in [0.2, 0.25) is 0 Å². The predicted molar refractivity (Wildman–Crippen MR) is 95.7 cm³/mol. The van der Waals surface area contributed by atoms with E-state index in [0.29, 0.717) is 22.3 Å². The first-order valence-electron chi connectivity index (χ1n) is 8.26. The largest absolute Gasteiger partial charge is 0.417 e. The number of hydrogen-bond acceptors (Lipinski definition) is 6. The first kappa shape index (κ1) is 17.7. The van der Waals surface area contributed by atoms with Crippen LogP contribution in [0.5, 0.6) is 5.88 Å². The Balaban J connectivity index is 1.92. The molecule has 4 rings (SSSR count). The van der Waals surface area contributed by atoms with Gasteiger partial charge >= 0.3 is 12.3 Å². The van der Waals surface area contributed by atoms with Crippen LogP contribution in [0.15, 0.2) is 47.8 Å². The molecule has 10 heteroatoms. The highest BCUT2D eigenvalue weighted by molar-refractivity contribution is 5.79. The third-order valence-corrected chi connectivity index (χ3v) is 4.34. The SMILES string of the molecule is Cc1c(-c2ccnc(OC(F)F)c2)c(C)n2c(=O)n(-c3ncccn3)ncc12. The van der Waals surface area contributed by atoms with Gasteiger partial charge in [0.05, 0.1) is 11.7 Å². The van der Waals surface area contributed by atoms with Crippen LogP contribution in [0.4, 0.5) is 8.78 Å². The van der Waals surface area contributed by atoms with E-state index in [2.05, 4.69) is 24.8 Å². The molecule has 0 bridgehead atoms. The van der Waals surface area contributed by atoms with Crippen molar-refractivity contribution in [2.75, 3.05) is 0 Å². The first-order valence-corrected chi connectivity index (χ1v) is 8.26. The Kier molecular flexibility index (Phi) is 4.30. The number of alkyl halides is 2. The highest BCUT2D eigenvalue weighted by atomic mass is 19.3. The number of ether oxygens (including phenoxy) is 1. The third-order valence-electron chi connectivity index (χ3n) is 4.34. The van der Waals surface area contributed by atoms with Gasteiger partial charge in [0.1, 0.15) is 0 Å². The zero-order chi connectivity index (χ0) is 19.8. The molecule has 0 aliphatic rings. The van der Waals surface area contributed by atoms with Crippen LogP contribution >= 0.6 is 0 Å². The van der Waals surface area contributed by atoms with Gasteiger partial charge in [-0.2, -0.15) is 13.9 Å². The third kappa shape index (κ3) is 2.88. The number of halogens is 2. The molecule has 0 aromatic carbocycles. The van der Waals surface area contributed by atoms with E-state index in [4.69, 9.17) is 0 Å². The Bertz CT molecular complexity index is 1220. The van der Waals surface area contributed by atoms with Gasteiger partial charge in [-0.25, -0.2) is 19.7 Å². The highest BCUT2D eigenvalue weighted by Crippen LogP contribution is 2.32. The van der Waals surface area contributed by atoms with E-state index < -0.39 is 12.3 Å². The highest BCUT2D eigenvalue weighted by Gasteiger charge is 2.19. The number of nitrogens with zero attached hydrogens (tertiary/aromatic N) is 6. The fourth-order valence-corrected chi connectivity index (χ4v) is 3.20. The van der Waals surface area contributed by atoms with Crippen molar-refractivity contribution in [3.63, 3.8) is 0 Å². The maximum Gasteiger partial charge on any atom is 0.388 e. The average molecular weight is 384 g/mol. The lowest BCUT2D eigenvalue weighted by Crippen LogP contribution is -2.29. The van der Waals surface area contributed by atoms with E-state index in [9.17, 15) is 13.6 Å². The van der Waals surface area contributed by atoms with Crippen LogP contribution in [0.3, 0.4) is 0 Å². The topological polar surface area (TPSA) is 87.2 Å². The molecule has 0 atom stereocenters. The Morgan fingerprint density at radius 3 is 2.57 bits per heavy atom. The Hall–Kier alpha value is -3.69. The first-order chi connectivity index (χ1) is 13.5. The minimum Gasteiger partial charge on any atom is -0.417 e. The standard InChI is InChI=1S/C18H14F2N6O2/c1-10-13-9-24-26(17-22-5-3-6-23-17)18(27)25(13)11(2)15(10)12-4-7-21-14(8-12)28-16(19)20/h3-9,16H,1-2H3. The number of hydrogen-bond donors (Lipinski definition) is 0. The summed E-state index contributed by atoms with van der Waals surface area (Å²) < 4.78 is 32.0. The summed E-state index contributed by atoms with van der Waals surface area (Å²) in [6, 6.07) is 4.71. The summed E-state index contributed by atoms with van der Waals surface area (Å²) in [5.41, 5.74) is 2.88. The molecule has 0 aliphatic heterocycles. The molecule has 0 radical (unpaired) electrons. The molecule has 0 fully saturated rings. The molecular formula is C18H14F2N6O2. The molecule has 0 unspecified atom stereocenters. The van der Waals surface area contributed by atoms with Crippen molar-refractivity contribution >= 4 is 5.52 Å². The van der Waals surface area contributed by atoms with Crippen molar-refractivity contribution in [2.24, 2.45) is 0 Å². The zero-order valence-electron chi connectivity index (χ0n) is 14.9. The van der Waals surface area contributed by atoms with Gasteiger partial charge in [-0.05, 0) is 37.1 Å². The second-order valence-electron chi connectivity index (χ2n) is 5.96. The van der Waals surface area contributed by atoms with E-state index in [0.717, 1.165) is 10.2 Å². The fourth-order valence-electron chi connectivity index (χ4n) is 3.20. The molecule has 0 saturated carbocycles. The van der Waals surface area contributed by atoms with Crippen molar-refractivity contribution < 1.29 is 13.5 Å². The smallest absolute Gasteiger partial charge is 0.388 e. The molecule has 0 spiro atoms. The average Bonchev–Trinajstić information content (AvgIpc) is 2.93. The molecule has 0 saturated heterocycles. The summed E-state index contributed by atoms with van der Waals surface area (Å²) in [6.07, 6.45) is 5.95. The number of aryl methyl sites for hydroxylation is 2. The van der Waals surface area contributed by atoms with Gasteiger partial charge in [-0.15, -0.1) is 4.68 Å². The van der Waals surface area contributed by atoms with Crippen LogP contribution < -0.4 is 10.4 Å². The second kappa shape index (κ2) is 6.80. The van der Waals surface area contributed by atoms with E-state index in [-0.39, 0.29) is 11.8 Å². The second-order valence-corrected chi connectivity index (χ2v) is 5.96. The quantitative estimate of drug-likeness (QED) is 0.537. The summed E-state index contributed by atoms with van der Waals surface area (Å²) in [6.45, 7) is 0.623. The van der Waals surface area contributed by atoms with Crippen molar-refractivity contribution in [1.29, 1.82) is 0 Å². The summed E-state index contributed by atoms with van der Waals surface area (Å²) in [4.78, 5) is 24.9. The van der Waals surface area contributed by atoms with Gasteiger partial charge in [0, 0.05) is 35.9 Å². The maximum absolute atomic E-state index is 13.0. The summed E-state index contributed by atoms with van der Waals surface area (Å²) in [5, 5.41) is 4.16. The molecule has 0 aliphatic carbocycles. The number of pyridine rings is 1. The molecular weight excluding hydrogens is 370 g/mol. The molecule has 28 heavy (non-hydrogen) atoms. The molecule has 4 aromatic heterocycles. The normalized spacial score (nSPS) is 11.3. The van der Waals surface area contributed by atoms with Crippen molar-refractivity contribution in [2.45, 2.75) is 20.5 Å². The van der Waals surface area contributed by atoms with E-state index in [1.54, 1.807) is 25.3 Å². The van der Waals surface area contributed by atoms with E-state index in [1.165, 1.54) is 29.1 Å².